The number of aromatic nitrogens is 1. The minimum atomic E-state index is -3.84. The number of nitriles is 1. The highest BCUT2D eigenvalue weighted by atomic mass is 35.5. The van der Waals surface area contributed by atoms with Crippen molar-refractivity contribution < 1.29 is 17.9 Å². The van der Waals surface area contributed by atoms with Crippen molar-refractivity contribution in [2.24, 2.45) is 0 Å². The average Bonchev–Trinajstić information content (AvgIpc) is 2.99. The molecule has 1 aliphatic rings. The van der Waals surface area contributed by atoms with Crippen molar-refractivity contribution >= 4 is 21.6 Å². The van der Waals surface area contributed by atoms with Crippen LogP contribution in [0.4, 0.5) is 4.39 Å². The lowest BCUT2D eigenvalue weighted by atomic mass is 10.1. The Bertz CT molecular complexity index is 991. The molecular formula is C17H15ClFN3O3S. The van der Waals surface area contributed by atoms with Crippen molar-refractivity contribution in [3.63, 3.8) is 0 Å². The summed E-state index contributed by atoms with van der Waals surface area (Å²) in [6, 6.07) is 7.65. The van der Waals surface area contributed by atoms with Crippen molar-refractivity contribution in [3.05, 3.63) is 46.9 Å². The van der Waals surface area contributed by atoms with Gasteiger partial charge in [0, 0.05) is 11.6 Å². The van der Waals surface area contributed by atoms with E-state index < -0.39 is 28.0 Å². The fraction of sp³-hybridized carbons (Fsp3) is 0.294. The number of hydrogen-bond donors (Lipinski definition) is 2. The molecule has 0 bridgehead atoms. The van der Waals surface area contributed by atoms with Gasteiger partial charge in [0.1, 0.15) is 6.07 Å². The van der Waals surface area contributed by atoms with Crippen LogP contribution in [0.5, 0.6) is 0 Å². The second kappa shape index (κ2) is 7.29. The van der Waals surface area contributed by atoms with Gasteiger partial charge in [0.15, 0.2) is 11.5 Å². The van der Waals surface area contributed by atoms with Gasteiger partial charge in [-0.3, -0.25) is 0 Å². The molecule has 1 aromatic carbocycles. The highest BCUT2D eigenvalue weighted by molar-refractivity contribution is 7.89. The van der Waals surface area contributed by atoms with Crippen LogP contribution >= 0.6 is 11.6 Å². The molecule has 9 heteroatoms. The van der Waals surface area contributed by atoms with Gasteiger partial charge in [-0.15, -0.1) is 0 Å². The fourth-order valence-electron chi connectivity index (χ4n) is 2.89. The predicted molar refractivity (Wildman–Crippen MR) is 93.3 cm³/mol. The molecule has 0 radical (unpaired) electrons. The molecular weight excluding hydrogens is 381 g/mol. The molecule has 2 atom stereocenters. The number of aliphatic hydroxyl groups excluding tert-OH is 1. The number of nitrogens with one attached hydrogen (secondary N) is 1. The first-order valence-corrected chi connectivity index (χ1v) is 9.75. The molecule has 1 aromatic heterocycles. The first-order chi connectivity index (χ1) is 12.3. The summed E-state index contributed by atoms with van der Waals surface area (Å²) in [6.45, 7) is 0. The molecule has 136 valence electrons. The second-order valence-corrected chi connectivity index (χ2v) is 8.13. The molecule has 26 heavy (non-hydrogen) atoms. The van der Waals surface area contributed by atoms with Crippen LogP contribution in [0.3, 0.4) is 0 Å². The molecule has 0 saturated heterocycles. The lowest BCUT2D eigenvalue weighted by Crippen LogP contribution is -2.39. The first kappa shape index (κ1) is 18.7. The summed E-state index contributed by atoms with van der Waals surface area (Å²) < 4.78 is 40.9. The Morgan fingerprint density at radius 1 is 1.31 bits per heavy atom. The molecule has 1 aliphatic carbocycles. The van der Waals surface area contributed by atoms with Crippen molar-refractivity contribution in [2.45, 2.75) is 36.3 Å². The van der Waals surface area contributed by atoms with Gasteiger partial charge in [0.25, 0.3) is 0 Å². The van der Waals surface area contributed by atoms with Crippen molar-refractivity contribution in [1.29, 1.82) is 5.26 Å². The minimum Gasteiger partial charge on any atom is -0.391 e. The van der Waals surface area contributed by atoms with Crippen LogP contribution in [0, 0.1) is 17.1 Å². The molecule has 0 unspecified atom stereocenters. The number of pyridine rings is 1. The molecule has 6 nitrogen and oxygen atoms in total. The van der Waals surface area contributed by atoms with Gasteiger partial charge in [0.05, 0.1) is 21.7 Å². The number of benzene rings is 1. The maximum Gasteiger partial charge on any atom is 0.240 e. The van der Waals surface area contributed by atoms with E-state index in [1.54, 1.807) is 6.07 Å². The van der Waals surface area contributed by atoms with Crippen molar-refractivity contribution in [3.8, 4) is 17.3 Å². The molecule has 3 rings (SSSR count). The van der Waals surface area contributed by atoms with E-state index >= 15 is 0 Å². The molecule has 2 N–H and O–H groups in total. The summed E-state index contributed by atoms with van der Waals surface area (Å²) in [5.74, 6) is -0.745. The van der Waals surface area contributed by atoms with Crippen LogP contribution in [0.15, 0.2) is 35.2 Å². The number of sulfonamides is 1. The van der Waals surface area contributed by atoms with E-state index in [0.717, 1.165) is 12.5 Å². The van der Waals surface area contributed by atoms with Crippen LogP contribution in [-0.2, 0) is 10.0 Å². The molecule has 0 aliphatic heterocycles. The van der Waals surface area contributed by atoms with Gasteiger partial charge in [-0.05, 0) is 49.6 Å². The lowest BCUT2D eigenvalue weighted by Gasteiger charge is -2.17. The van der Waals surface area contributed by atoms with Crippen LogP contribution in [0.2, 0.25) is 5.02 Å². The molecule has 2 aromatic rings. The summed E-state index contributed by atoms with van der Waals surface area (Å²) in [5.41, 5.74) is 0.270. The topological polar surface area (TPSA) is 103 Å². The summed E-state index contributed by atoms with van der Waals surface area (Å²) in [4.78, 5) is 3.84. The summed E-state index contributed by atoms with van der Waals surface area (Å²) in [5, 5.41) is 18.8. The van der Waals surface area contributed by atoms with E-state index in [1.165, 1.54) is 24.3 Å². The number of aliphatic hydroxyl groups is 1. The quantitative estimate of drug-likeness (QED) is 0.828. The second-order valence-electron chi connectivity index (χ2n) is 6.01. The van der Waals surface area contributed by atoms with Gasteiger partial charge in [-0.25, -0.2) is 22.5 Å². The van der Waals surface area contributed by atoms with Crippen LogP contribution in [0.1, 0.15) is 25.0 Å². The lowest BCUT2D eigenvalue weighted by molar-refractivity contribution is 0.159. The summed E-state index contributed by atoms with van der Waals surface area (Å²) >= 11 is 6.19. The van der Waals surface area contributed by atoms with Crippen LogP contribution in [-0.4, -0.2) is 30.7 Å². The maximum atomic E-state index is 13.4. The number of halogens is 2. The maximum absolute atomic E-state index is 13.4. The van der Waals surface area contributed by atoms with Crippen LogP contribution < -0.4 is 4.72 Å². The monoisotopic (exact) mass is 395 g/mol. The predicted octanol–water partition coefficient (Wildman–Crippen LogP) is 2.60. The highest BCUT2D eigenvalue weighted by Crippen LogP contribution is 2.30. The van der Waals surface area contributed by atoms with E-state index in [1.807, 2.05) is 0 Å². The Kier molecular flexibility index (Phi) is 5.25. The third-order valence-electron chi connectivity index (χ3n) is 4.26. The third kappa shape index (κ3) is 3.71. The Hall–Kier alpha value is -2.05. The van der Waals surface area contributed by atoms with Gasteiger partial charge in [0.2, 0.25) is 10.0 Å². The molecule has 1 heterocycles. The van der Waals surface area contributed by atoms with Gasteiger partial charge < -0.3 is 5.11 Å². The standard InChI is InChI=1S/C17H15ClFN3O3S/c18-12-8-10(26(24,25)22-15-2-1-3-17(15)23)4-5-11(12)14-7-6-13(19)16(9-20)21-14/h4-8,15,17,22-23H,1-3H2/t15-,17-/m1/s1. The van der Waals surface area contributed by atoms with E-state index in [9.17, 15) is 17.9 Å². The highest BCUT2D eigenvalue weighted by Gasteiger charge is 2.30. The molecule has 1 fully saturated rings. The van der Waals surface area contributed by atoms with Crippen LogP contribution in [0.25, 0.3) is 11.3 Å². The zero-order chi connectivity index (χ0) is 18.9. The Balaban J connectivity index is 1.91. The normalized spacial score (nSPS) is 20.1. The largest absolute Gasteiger partial charge is 0.391 e. The number of rotatable bonds is 4. The van der Waals surface area contributed by atoms with Gasteiger partial charge >= 0.3 is 0 Å². The van der Waals surface area contributed by atoms with E-state index in [0.29, 0.717) is 18.4 Å². The number of nitrogens with zero attached hydrogens (tertiary/aromatic N) is 2. The zero-order valence-electron chi connectivity index (χ0n) is 13.5. The van der Waals surface area contributed by atoms with Gasteiger partial charge in [-0.2, -0.15) is 5.26 Å². The van der Waals surface area contributed by atoms with Crippen molar-refractivity contribution in [1.82, 2.24) is 9.71 Å². The first-order valence-electron chi connectivity index (χ1n) is 7.89. The summed E-state index contributed by atoms with van der Waals surface area (Å²) in [7, 11) is -3.84. The average molecular weight is 396 g/mol. The molecule has 1 saturated carbocycles. The number of hydrogen-bond acceptors (Lipinski definition) is 5. The minimum absolute atomic E-state index is 0.0482. The SMILES string of the molecule is N#Cc1nc(-c2ccc(S(=O)(=O)N[C@@H]3CCC[C@H]3O)cc2Cl)ccc1F. The van der Waals surface area contributed by atoms with Gasteiger partial charge in [-0.1, -0.05) is 11.6 Å². The Labute approximate surface area is 155 Å². The smallest absolute Gasteiger partial charge is 0.240 e. The van der Waals surface area contributed by atoms with E-state index in [4.69, 9.17) is 16.9 Å². The van der Waals surface area contributed by atoms with E-state index in [2.05, 4.69) is 9.71 Å². The Morgan fingerprint density at radius 3 is 2.69 bits per heavy atom. The Morgan fingerprint density at radius 2 is 2.08 bits per heavy atom. The zero-order valence-corrected chi connectivity index (χ0v) is 15.1. The third-order valence-corrected chi connectivity index (χ3v) is 6.07. The molecule has 0 amide bonds. The summed E-state index contributed by atoms with van der Waals surface area (Å²) in [6.07, 6.45) is 1.19. The fourth-order valence-corrected chi connectivity index (χ4v) is 4.56. The van der Waals surface area contributed by atoms with Crippen molar-refractivity contribution in [2.75, 3.05) is 0 Å². The molecule has 0 spiro atoms. The van der Waals surface area contributed by atoms with E-state index in [-0.39, 0.29) is 21.3 Å².